The Balaban J connectivity index is 2.39. The van der Waals surface area contributed by atoms with Gasteiger partial charge in [0.25, 0.3) is 0 Å². The number of hydrogen-bond acceptors (Lipinski definition) is 6. The van der Waals surface area contributed by atoms with E-state index in [0.717, 1.165) is 11.2 Å². The molecular formula is C9H9ClFN3O4S. The van der Waals surface area contributed by atoms with E-state index < -0.39 is 27.8 Å². The third-order valence-corrected chi connectivity index (χ3v) is 4.07. The van der Waals surface area contributed by atoms with Gasteiger partial charge in [-0.3, -0.25) is 9.69 Å². The maximum Gasteiger partial charge on any atom is 0.307 e. The number of carbonyl (C=O) groups excluding carboxylic acids is 1. The lowest BCUT2D eigenvalue weighted by atomic mass is 10.4. The fourth-order valence-corrected chi connectivity index (χ4v) is 2.65. The minimum absolute atomic E-state index is 0.0214. The number of rotatable bonds is 3. The van der Waals surface area contributed by atoms with Crippen LogP contribution < -0.4 is 9.64 Å². The molecule has 0 bridgehead atoms. The van der Waals surface area contributed by atoms with E-state index in [-0.39, 0.29) is 23.3 Å². The highest BCUT2D eigenvalue weighted by atomic mass is 35.5. The average molecular weight is 310 g/mol. The molecule has 0 spiro atoms. The second kappa shape index (κ2) is 4.89. The first-order valence-corrected chi connectivity index (χ1v) is 6.95. The topological polar surface area (TPSA) is 89.5 Å². The summed E-state index contributed by atoms with van der Waals surface area (Å²) in [7, 11) is -3.48. The van der Waals surface area contributed by atoms with Crippen LogP contribution in [-0.4, -0.2) is 43.2 Å². The van der Waals surface area contributed by atoms with Crippen LogP contribution in [0.25, 0.3) is 0 Å². The number of nitrogens with zero attached hydrogens (tertiary/aromatic N) is 3. The van der Waals surface area contributed by atoms with Crippen molar-refractivity contribution in [3.05, 3.63) is 11.5 Å². The van der Waals surface area contributed by atoms with Crippen molar-refractivity contribution in [2.45, 2.75) is 11.7 Å². The lowest BCUT2D eigenvalue weighted by molar-refractivity contribution is -0.117. The molecule has 0 N–H and O–H groups in total. The Morgan fingerprint density at radius 3 is 2.74 bits per heavy atom. The molecule has 1 atom stereocenters. The van der Waals surface area contributed by atoms with Gasteiger partial charge in [0, 0.05) is 13.0 Å². The van der Waals surface area contributed by atoms with Crippen molar-refractivity contribution in [2.75, 3.05) is 18.6 Å². The Bertz CT molecular complexity index is 624. The smallest absolute Gasteiger partial charge is 0.307 e. The third-order valence-electron chi connectivity index (χ3n) is 2.69. The first-order valence-electron chi connectivity index (χ1n) is 5.13. The molecule has 104 valence electrons. The number of halogens is 2. The van der Waals surface area contributed by atoms with E-state index >= 15 is 0 Å². The maximum absolute atomic E-state index is 12.9. The van der Waals surface area contributed by atoms with E-state index in [1.54, 1.807) is 0 Å². The highest BCUT2D eigenvalue weighted by molar-refractivity contribution is 7.87. The molecule has 2 rings (SSSR count). The second-order valence-electron chi connectivity index (χ2n) is 3.83. The second-order valence-corrected chi connectivity index (χ2v) is 5.80. The summed E-state index contributed by atoms with van der Waals surface area (Å²) >= 11 is 5.78. The number of methoxy groups -OCH3 is 1. The molecular weight excluding hydrogens is 301 g/mol. The summed E-state index contributed by atoms with van der Waals surface area (Å²) in [6.07, 6.45) is 0.661. The van der Waals surface area contributed by atoms with Crippen LogP contribution in [0.5, 0.6) is 5.75 Å². The molecule has 1 amide bonds. The van der Waals surface area contributed by atoms with E-state index in [0.29, 0.717) is 0 Å². The van der Waals surface area contributed by atoms with Gasteiger partial charge in [0.15, 0.2) is 16.7 Å². The van der Waals surface area contributed by atoms with E-state index in [9.17, 15) is 17.1 Å². The lowest BCUT2D eigenvalue weighted by Gasteiger charge is -2.17. The molecule has 1 fully saturated rings. The van der Waals surface area contributed by atoms with Crippen molar-refractivity contribution in [1.29, 1.82) is 0 Å². The van der Waals surface area contributed by atoms with Crippen molar-refractivity contribution in [3.63, 3.8) is 0 Å². The standard InChI is InChI=1S/C9H9ClFN3O4S/c1-18-7-8(10)12-4-13-9(7)14-3-5(2-6(14)15)19(11,16)17/h4-5H,2-3H2,1H3. The van der Waals surface area contributed by atoms with Crippen LogP contribution in [0.1, 0.15) is 6.42 Å². The molecule has 1 aromatic heterocycles. The minimum atomic E-state index is -4.79. The first kappa shape index (κ1) is 13.9. The van der Waals surface area contributed by atoms with Crippen LogP contribution in [0.3, 0.4) is 0 Å². The SMILES string of the molecule is COc1c(Cl)ncnc1N1CC(S(=O)(=O)F)CC1=O. The van der Waals surface area contributed by atoms with E-state index in [4.69, 9.17) is 16.3 Å². The fraction of sp³-hybridized carbons (Fsp3) is 0.444. The van der Waals surface area contributed by atoms with Gasteiger partial charge in [-0.15, -0.1) is 3.89 Å². The van der Waals surface area contributed by atoms with Crippen LogP contribution >= 0.6 is 11.6 Å². The van der Waals surface area contributed by atoms with Crippen molar-refractivity contribution in [1.82, 2.24) is 9.97 Å². The molecule has 1 aliphatic rings. The zero-order valence-electron chi connectivity index (χ0n) is 9.71. The number of carbonyl (C=O) groups is 1. The van der Waals surface area contributed by atoms with Gasteiger partial charge in [-0.2, -0.15) is 8.42 Å². The fourth-order valence-electron chi connectivity index (χ4n) is 1.78. The lowest BCUT2D eigenvalue weighted by Crippen LogP contribution is -2.28. The van der Waals surface area contributed by atoms with Gasteiger partial charge in [0.2, 0.25) is 5.91 Å². The van der Waals surface area contributed by atoms with Crippen molar-refractivity contribution in [3.8, 4) is 5.75 Å². The normalized spacial score (nSPS) is 19.8. The highest BCUT2D eigenvalue weighted by Gasteiger charge is 2.40. The quantitative estimate of drug-likeness (QED) is 0.598. The Labute approximate surface area is 113 Å². The average Bonchev–Trinajstić information content (AvgIpc) is 2.70. The summed E-state index contributed by atoms with van der Waals surface area (Å²) < 4.78 is 39.6. The molecule has 1 unspecified atom stereocenters. The third kappa shape index (κ3) is 2.61. The summed E-state index contributed by atoms with van der Waals surface area (Å²) in [5, 5.41) is -1.43. The molecule has 1 aromatic rings. The number of hydrogen-bond donors (Lipinski definition) is 0. The Morgan fingerprint density at radius 2 is 2.21 bits per heavy atom. The Kier molecular flexibility index (Phi) is 3.59. The molecule has 0 saturated carbocycles. The zero-order valence-corrected chi connectivity index (χ0v) is 11.3. The number of aromatic nitrogens is 2. The largest absolute Gasteiger partial charge is 0.490 e. The van der Waals surface area contributed by atoms with Crippen LogP contribution in [0.15, 0.2) is 6.33 Å². The predicted octanol–water partition coefficient (Wildman–Crippen LogP) is 0.543. The summed E-state index contributed by atoms with van der Waals surface area (Å²) in [6, 6.07) is 0. The van der Waals surface area contributed by atoms with Gasteiger partial charge < -0.3 is 4.74 Å². The van der Waals surface area contributed by atoms with Gasteiger partial charge in [-0.1, -0.05) is 11.6 Å². The van der Waals surface area contributed by atoms with Gasteiger partial charge >= 0.3 is 10.2 Å². The number of anilines is 1. The molecule has 0 aromatic carbocycles. The van der Waals surface area contributed by atoms with Gasteiger partial charge in [0.1, 0.15) is 11.6 Å². The van der Waals surface area contributed by atoms with Crippen molar-refractivity contribution < 1.29 is 21.8 Å². The van der Waals surface area contributed by atoms with Crippen LogP contribution in [0.2, 0.25) is 5.15 Å². The summed E-state index contributed by atoms with van der Waals surface area (Å²) in [6.45, 7) is -0.332. The van der Waals surface area contributed by atoms with E-state index in [1.807, 2.05) is 0 Å². The van der Waals surface area contributed by atoms with Gasteiger partial charge in [-0.05, 0) is 0 Å². The predicted molar refractivity (Wildman–Crippen MR) is 64.4 cm³/mol. The summed E-state index contributed by atoms with van der Waals surface area (Å²) in [5.41, 5.74) is 0. The minimum Gasteiger partial charge on any atom is -0.490 e. The molecule has 1 aliphatic heterocycles. The van der Waals surface area contributed by atoms with E-state index in [1.165, 1.54) is 7.11 Å². The Hall–Kier alpha value is -1.48. The van der Waals surface area contributed by atoms with Gasteiger partial charge in [0.05, 0.1) is 7.11 Å². The van der Waals surface area contributed by atoms with Crippen molar-refractivity contribution >= 4 is 33.5 Å². The van der Waals surface area contributed by atoms with E-state index in [2.05, 4.69) is 9.97 Å². The molecule has 19 heavy (non-hydrogen) atoms. The maximum atomic E-state index is 12.9. The summed E-state index contributed by atoms with van der Waals surface area (Å²) in [5.74, 6) is -0.507. The van der Waals surface area contributed by atoms with Crippen LogP contribution in [0, 0.1) is 0 Å². The molecule has 2 heterocycles. The molecule has 0 aliphatic carbocycles. The van der Waals surface area contributed by atoms with Gasteiger partial charge in [-0.25, -0.2) is 9.97 Å². The highest BCUT2D eigenvalue weighted by Crippen LogP contribution is 2.34. The molecule has 7 nitrogen and oxygen atoms in total. The summed E-state index contributed by atoms with van der Waals surface area (Å²) in [4.78, 5) is 20.3. The molecule has 1 saturated heterocycles. The monoisotopic (exact) mass is 309 g/mol. The number of amides is 1. The molecule has 10 heteroatoms. The van der Waals surface area contributed by atoms with Crippen LogP contribution in [0.4, 0.5) is 9.70 Å². The Morgan fingerprint density at radius 1 is 1.53 bits per heavy atom. The molecule has 0 radical (unpaired) electrons. The van der Waals surface area contributed by atoms with Crippen molar-refractivity contribution in [2.24, 2.45) is 0 Å². The zero-order chi connectivity index (χ0) is 14.2. The first-order chi connectivity index (χ1) is 8.84. The number of ether oxygens (including phenoxy) is 1. The van der Waals surface area contributed by atoms with Crippen LogP contribution in [-0.2, 0) is 15.0 Å².